The third-order valence-electron chi connectivity index (χ3n) is 2.34. The summed E-state index contributed by atoms with van der Waals surface area (Å²) < 4.78 is 5.42. The number of hydrogen-bond donors (Lipinski definition) is 2. The maximum absolute atomic E-state index is 11.3. The summed E-state index contributed by atoms with van der Waals surface area (Å²) in [6.45, 7) is 3.29. The first kappa shape index (κ1) is 11.5. The number of ether oxygens (including phenoxy) is 1. The molecule has 4 heteroatoms. The molecule has 0 aromatic carbocycles. The number of carbonyl (C=O) groups excluding carboxylic acids is 1. The molecule has 0 radical (unpaired) electrons. The first-order valence-corrected chi connectivity index (χ1v) is 5.32. The van der Waals surface area contributed by atoms with Gasteiger partial charge in [0.15, 0.2) is 0 Å². The van der Waals surface area contributed by atoms with Crippen molar-refractivity contribution in [1.29, 1.82) is 0 Å². The predicted octanol–water partition coefficient (Wildman–Crippen LogP) is 0.409. The second-order valence-electron chi connectivity index (χ2n) is 3.96. The molecule has 0 aromatic heterocycles. The number of amides is 1. The van der Waals surface area contributed by atoms with Crippen LogP contribution >= 0.6 is 0 Å². The summed E-state index contributed by atoms with van der Waals surface area (Å²) in [6.07, 6.45) is 3.92. The van der Waals surface area contributed by atoms with Gasteiger partial charge < -0.3 is 15.8 Å². The Hall–Kier alpha value is -0.610. The Labute approximate surface area is 85.2 Å². The summed E-state index contributed by atoms with van der Waals surface area (Å²) in [5.41, 5.74) is 5.52. The average Bonchev–Trinajstić information content (AvgIpc) is 2.63. The Balaban J connectivity index is 2.02. The molecule has 1 fully saturated rings. The molecule has 2 atom stereocenters. The summed E-state index contributed by atoms with van der Waals surface area (Å²) in [5, 5.41) is 2.79. The van der Waals surface area contributed by atoms with Crippen LogP contribution in [0.25, 0.3) is 0 Å². The van der Waals surface area contributed by atoms with E-state index < -0.39 is 0 Å². The molecule has 0 aliphatic carbocycles. The Morgan fingerprint density at radius 3 is 3.07 bits per heavy atom. The largest absolute Gasteiger partial charge is 0.378 e. The van der Waals surface area contributed by atoms with E-state index in [0.717, 1.165) is 25.9 Å². The van der Waals surface area contributed by atoms with Crippen LogP contribution in [-0.4, -0.2) is 31.2 Å². The maximum Gasteiger partial charge on any atom is 0.220 e. The van der Waals surface area contributed by atoms with E-state index in [9.17, 15) is 4.79 Å². The van der Waals surface area contributed by atoms with Crippen LogP contribution in [0.15, 0.2) is 0 Å². The summed E-state index contributed by atoms with van der Waals surface area (Å²) in [6, 6.07) is 0.0293. The lowest BCUT2D eigenvalue weighted by atomic mass is 10.1. The predicted molar refractivity (Wildman–Crippen MR) is 54.9 cm³/mol. The number of rotatable bonds is 5. The van der Waals surface area contributed by atoms with Crippen molar-refractivity contribution in [3.63, 3.8) is 0 Å². The highest BCUT2D eigenvalue weighted by molar-refractivity contribution is 5.75. The van der Waals surface area contributed by atoms with Crippen molar-refractivity contribution in [3.05, 3.63) is 0 Å². The van der Waals surface area contributed by atoms with Crippen molar-refractivity contribution in [2.24, 2.45) is 5.73 Å². The molecule has 4 nitrogen and oxygen atoms in total. The van der Waals surface area contributed by atoms with Crippen molar-refractivity contribution in [2.45, 2.75) is 44.8 Å². The molecule has 1 heterocycles. The highest BCUT2D eigenvalue weighted by atomic mass is 16.5. The molecular weight excluding hydrogens is 180 g/mol. The minimum atomic E-state index is 0.0293. The van der Waals surface area contributed by atoms with Crippen LogP contribution < -0.4 is 11.1 Å². The fourth-order valence-corrected chi connectivity index (χ4v) is 1.53. The molecular formula is C10H20N2O2. The van der Waals surface area contributed by atoms with Crippen molar-refractivity contribution in [2.75, 3.05) is 13.2 Å². The number of carbonyl (C=O) groups is 1. The SMILES string of the molecule is CC(N)CNC(=O)CCC1CCCO1. The average molecular weight is 200 g/mol. The summed E-state index contributed by atoms with van der Waals surface area (Å²) in [4.78, 5) is 11.3. The standard InChI is InChI=1S/C10H20N2O2/c1-8(11)7-12-10(13)5-4-9-3-2-6-14-9/h8-9H,2-7,11H2,1H3,(H,12,13). The van der Waals surface area contributed by atoms with E-state index in [1.165, 1.54) is 0 Å². The molecule has 82 valence electrons. The summed E-state index contributed by atoms with van der Waals surface area (Å²) in [7, 11) is 0. The van der Waals surface area contributed by atoms with Gasteiger partial charge in [-0.1, -0.05) is 0 Å². The minimum absolute atomic E-state index is 0.0293. The molecule has 1 amide bonds. The molecule has 1 aliphatic rings. The van der Waals surface area contributed by atoms with Crippen LogP contribution in [0.1, 0.15) is 32.6 Å². The smallest absolute Gasteiger partial charge is 0.220 e. The molecule has 1 rings (SSSR count). The minimum Gasteiger partial charge on any atom is -0.378 e. The molecule has 1 saturated heterocycles. The summed E-state index contributed by atoms with van der Waals surface area (Å²) >= 11 is 0. The highest BCUT2D eigenvalue weighted by Gasteiger charge is 2.16. The van der Waals surface area contributed by atoms with Crippen molar-refractivity contribution in [3.8, 4) is 0 Å². The van der Waals surface area contributed by atoms with Gasteiger partial charge in [0.25, 0.3) is 0 Å². The van der Waals surface area contributed by atoms with Gasteiger partial charge in [-0.25, -0.2) is 0 Å². The topological polar surface area (TPSA) is 64.3 Å². The Kier molecular flexibility index (Phi) is 4.90. The number of hydrogen-bond acceptors (Lipinski definition) is 3. The molecule has 0 bridgehead atoms. The second kappa shape index (κ2) is 5.98. The van der Waals surface area contributed by atoms with Crippen molar-refractivity contribution in [1.82, 2.24) is 5.32 Å². The van der Waals surface area contributed by atoms with E-state index in [-0.39, 0.29) is 11.9 Å². The van der Waals surface area contributed by atoms with Gasteiger partial charge in [-0.2, -0.15) is 0 Å². The Bertz CT molecular complexity index is 177. The lowest BCUT2D eigenvalue weighted by molar-refractivity contribution is -0.121. The molecule has 1 aliphatic heterocycles. The van der Waals surface area contributed by atoms with Gasteiger partial charge in [-0.05, 0) is 26.2 Å². The van der Waals surface area contributed by atoms with Crippen molar-refractivity contribution < 1.29 is 9.53 Å². The zero-order chi connectivity index (χ0) is 10.4. The quantitative estimate of drug-likeness (QED) is 0.675. The van der Waals surface area contributed by atoms with Gasteiger partial charge in [-0.15, -0.1) is 0 Å². The van der Waals surface area contributed by atoms with E-state index in [4.69, 9.17) is 10.5 Å². The van der Waals surface area contributed by atoms with E-state index in [0.29, 0.717) is 19.1 Å². The fraction of sp³-hybridized carbons (Fsp3) is 0.900. The van der Waals surface area contributed by atoms with Gasteiger partial charge >= 0.3 is 0 Å². The van der Waals surface area contributed by atoms with Crippen LogP contribution in [0.3, 0.4) is 0 Å². The fourth-order valence-electron chi connectivity index (χ4n) is 1.53. The van der Waals surface area contributed by atoms with Crippen LogP contribution in [-0.2, 0) is 9.53 Å². The second-order valence-corrected chi connectivity index (χ2v) is 3.96. The van der Waals surface area contributed by atoms with Crippen LogP contribution in [0.5, 0.6) is 0 Å². The third-order valence-corrected chi connectivity index (χ3v) is 2.34. The molecule has 3 N–H and O–H groups in total. The summed E-state index contributed by atoms with van der Waals surface area (Å²) in [5.74, 6) is 0.0813. The number of nitrogens with one attached hydrogen (secondary N) is 1. The van der Waals surface area contributed by atoms with Crippen LogP contribution in [0.4, 0.5) is 0 Å². The third kappa shape index (κ3) is 4.58. The van der Waals surface area contributed by atoms with Crippen LogP contribution in [0.2, 0.25) is 0 Å². The van der Waals surface area contributed by atoms with E-state index in [2.05, 4.69) is 5.32 Å². The lowest BCUT2D eigenvalue weighted by Crippen LogP contribution is -2.35. The number of nitrogens with two attached hydrogens (primary N) is 1. The lowest BCUT2D eigenvalue weighted by Gasteiger charge is -2.10. The molecule has 0 spiro atoms. The molecule has 14 heavy (non-hydrogen) atoms. The van der Waals surface area contributed by atoms with Gasteiger partial charge in [0.2, 0.25) is 5.91 Å². The van der Waals surface area contributed by atoms with Gasteiger partial charge in [0.1, 0.15) is 0 Å². The molecule has 0 aromatic rings. The molecule has 2 unspecified atom stereocenters. The van der Waals surface area contributed by atoms with Gasteiger partial charge in [0, 0.05) is 25.6 Å². The van der Waals surface area contributed by atoms with E-state index in [1.807, 2.05) is 6.92 Å². The normalized spacial score (nSPS) is 23.4. The monoisotopic (exact) mass is 200 g/mol. The highest BCUT2D eigenvalue weighted by Crippen LogP contribution is 2.16. The maximum atomic E-state index is 11.3. The van der Waals surface area contributed by atoms with Gasteiger partial charge in [-0.3, -0.25) is 4.79 Å². The van der Waals surface area contributed by atoms with Crippen LogP contribution in [0, 0.1) is 0 Å². The first-order valence-electron chi connectivity index (χ1n) is 5.32. The zero-order valence-electron chi connectivity index (χ0n) is 8.79. The zero-order valence-corrected chi connectivity index (χ0v) is 8.79. The van der Waals surface area contributed by atoms with E-state index in [1.54, 1.807) is 0 Å². The van der Waals surface area contributed by atoms with E-state index >= 15 is 0 Å². The Morgan fingerprint density at radius 2 is 2.50 bits per heavy atom. The molecule has 0 saturated carbocycles. The first-order chi connectivity index (χ1) is 6.68. The van der Waals surface area contributed by atoms with Crippen molar-refractivity contribution >= 4 is 5.91 Å². The van der Waals surface area contributed by atoms with Gasteiger partial charge in [0.05, 0.1) is 6.10 Å². The Morgan fingerprint density at radius 1 is 1.71 bits per heavy atom.